The van der Waals surface area contributed by atoms with E-state index in [1.807, 2.05) is 23.9 Å². The molecule has 2 aliphatic rings. The molecule has 0 aromatic heterocycles. The minimum Gasteiger partial charge on any atom is -0.344 e. The molecule has 1 N–H and O–H groups in total. The number of piperidine rings is 1. The highest BCUT2D eigenvalue weighted by Crippen LogP contribution is 2.21. The summed E-state index contributed by atoms with van der Waals surface area (Å²) in [5.74, 6) is 0.135. The third kappa shape index (κ3) is 4.09. The van der Waals surface area contributed by atoms with Gasteiger partial charge in [0.25, 0.3) is 0 Å². The molecule has 0 radical (unpaired) electrons. The summed E-state index contributed by atoms with van der Waals surface area (Å²) in [5.41, 5.74) is 0. The Kier molecular flexibility index (Phi) is 5.85. The highest BCUT2D eigenvalue weighted by atomic mass is 16.2. The number of urea groups is 1. The van der Waals surface area contributed by atoms with Crippen LogP contribution >= 0.6 is 0 Å². The van der Waals surface area contributed by atoms with Crippen LogP contribution in [-0.2, 0) is 4.79 Å². The van der Waals surface area contributed by atoms with Gasteiger partial charge in [-0.05, 0) is 32.7 Å². The first kappa shape index (κ1) is 16.1. The molecule has 3 amide bonds. The molecule has 2 fully saturated rings. The van der Waals surface area contributed by atoms with E-state index < -0.39 is 0 Å². The molecule has 0 aliphatic carbocycles. The number of likely N-dealkylation sites (tertiary alicyclic amines) is 2. The van der Waals surface area contributed by atoms with E-state index in [9.17, 15) is 9.59 Å². The van der Waals surface area contributed by atoms with Gasteiger partial charge >= 0.3 is 6.03 Å². The Balaban J connectivity index is 1.87. The summed E-state index contributed by atoms with van der Waals surface area (Å²) in [7, 11) is 3.73. The van der Waals surface area contributed by atoms with Crippen molar-refractivity contribution in [3.05, 3.63) is 0 Å². The van der Waals surface area contributed by atoms with E-state index in [2.05, 4.69) is 5.32 Å². The van der Waals surface area contributed by atoms with Gasteiger partial charge in [0, 0.05) is 46.3 Å². The third-order valence-corrected chi connectivity index (χ3v) is 4.49. The van der Waals surface area contributed by atoms with Gasteiger partial charge in [0.2, 0.25) is 5.91 Å². The van der Waals surface area contributed by atoms with Gasteiger partial charge in [0.15, 0.2) is 0 Å². The molecule has 2 rings (SSSR count). The predicted molar refractivity (Wildman–Crippen MR) is 82.1 cm³/mol. The van der Waals surface area contributed by atoms with Crippen LogP contribution in [0.5, 0.6) is 0 Å². The minimum atomic E-state index is -0.0350. The summed E-state index contributed by atoms with van der Waals surface area (Å²) in [6.45, 7) is 4.63. The van der Waals surface area contributed by atoms with Gasteiger partial charge in [0.1, 0.15) is 0 Å². The number of hydrogen-bond acceptors (Lipinski definition) is 3. The zero-order valence-corrected chi connectivity index (χ0v) is 13.3. The molecule has 2 aliphatic heterocycles. The van der Waals surface area contributed by atoms with E-state index in [-0.39, 0.29) is 17.9 Å². The lowest BCUT2D eigenvalue weighted by atomic mass is 9.97. The SMILES string of the molecule is CNCCN(C)C(=O)C1CCCN(C(=O)N2CCCC2)C1. The van der Waals surface area contributed by atoms with Crippen LogP contribution in [0.4, 0.5) is 4.79 Å². The topological polar surface area (TPSA) is 55.9 Å². The highest BCUT2D eigenvalue weighted by molar-refractivity contribution is 5.81. The standard InChI is InChI=1S/C15H28N4O2/c1-16-7-11-17(2)14(20)13-6-5-10-19(12-13)15(21)18-8-3-4-9-18/h13,16H,3-12H2,1-2H3. The Morgan fingerprint density at radius 1 is 1.14 bits per heavy atom. The van der Waals surface area contributed by atoms with E-state index >= 15 is 0 Å². The van der Waals surface area contributed by atoms with Crippen LogP contribution in [0.15, 0.2) is 0 Å². The van der Waals surface area contributed by atoms with E-state index in [1.54, 1.807) is 4.90 Å². The quantitative estimate of drug-likeness (QED) is 0.826. The molecule has 0 spiro atoms. The molecule has 120 valence electrons. The lowest BCUT2D eigenvalue weighted by Gasteiger charge is -2.36. The van der Waals surface area contributed by atoms with Gasteiger partial charge in [0.05, 0.1) is 5.92 Å². The fraction of sp³-hybridized carbons (Fsp3) is 0.867. The zero-order valence-electron chi connectivity index (χ0n) is 13.3. The van der Waals surface area contributed by atoms with Crippen LogP contribution in [0.1, 0.15) is 25.7 Å². The van der Waals surface area contributed by atoms with Crippen molar-refractivity contribution in [2.24, 2.45) is 5.92 Å². The van der Waals surface area contributed by atoms with Crippen LogP contribution in [-0.4, -0.2) is 80.0 Å². The first-order valence-electron chi connectivity index (χ1n) is 8.07. The molecule has 2 heterocycles. The monoisotopic (exact) mass is 296 g/mol. The molecule has 2 saturated heterocycles. The molecule has 1 atom stereocenters. The fourth-order valence-electron chi connectivity index (χ4n) is 3.16. The average molecular weight is 296 g/mol. The molecule has 0 aromatic carbocycles. The van der Waals surface area contributed by atoms with E-state index in [4.69, 9.17) is 0 Å². The molecule has 6 heteroatoms. The molecule has 6 nitrogen and oxygen atoms in total. The summed E-state index contributed by atoms with van der Waals surface area (Å²) >= 11 is 0. The van der Waals surface area contributed by atoms with Crippen LogP contribution in [0.2, 0.25) is 0 Å². The second kappa shape index (κ2) is 7.64. The smallest absolute Gasteiger partial charge is 0.320 e. The molecule has 21 heavy (non-hydrogen) atoms. The minimum absolute atomic E-state index is 0.0350. The van der Waals surface area contributed by atoms with Crippen LogP contribution in [0.25, 0.3) is 0 Å². The Hall–Kier alpha value is -1.30. The van der Waals surface area contributed by atoms with Crippen molar-refractivity contribution in [1.29, 1.82) is 0 Å². The van der Waals surface area contributed by atoms with Gasteiger partial charge in [-0.25, -0.2) is 4.79 Å². The highest BCUT2D eigenvalue weighted by Gasteiger charge is 2.32. The maximum absolute atomic E-state index is 12.4. The third-order valence-electron chi connectivity index (χ3n) is 4.49. The summed E-state index contributed by atoms with van der Waals surface area (Å²) in [6, 6.07) is 0.128. The zero-order chi connectivity index (χ0) is 15.2. The Morgan fingerprint density at radius 2 is 1.81 bits per heavy atom. The number of rotatable bonds is 4. The van der Waals surface area contributed by atoms with Crippen LogP contribution in [0, 0.1) is 5.92 Å². The summed E-state index contributed by atoms with van der Waals surface area (Å²) < 4.78 is 0. The van der Waals surface area contributed by atoms with Gasteiger partial charge in [-0.2, -0.15) is 0 Å². The molecular weight excluding hydrogens is 268 g/mol. The van der Waals surface area contributed by atoms with Gasteiger partial charge < -0.3 is 20.0 Å². The first-order chi connectivity index (χ1) is 10.1. The maximum atomic E-state index is 12.4. The van der Waals surface area contributed by atoms with Crippen molar-refractivity contribution < 1.29 is 9.59 Å². The van der Waals surface area contributed by atoms with Crippen molar-refractivity contribution in [2.45, 2.75) is 25.7 Å². The van der Waals surface area contributed by atoms with E-state index in [0.717, 1.165) is 51.9 Å². The number of nitrogens with zero attached hydrogens (tertiary/aromatic N) is 3. The number of amides is 3. The molecule has 0 bridgehead atoms. The van der Waals surface area contributed by atoms with Crippen LogP contribution in [0.3, 0.4) is 0 Å². The number of nitrogens with one attached hydrogen (secondary N) is 1. The lowest BCUT2D eigenvalue weighted by Crippen LogP contribution is -2.50. The lowest BCUT2D eigenvalue weighted by molar-refractivity contribution is -0.135. The van der Waals surface area contributed by atoms with Crippen LogP contribution < -0.4 is 5.32 Å². The second-order valence-corrected chi connectivity index (χ2v) is 6.13. The van der Waals surface area contributed by atoms with Gasteiger partial charge in [-0.3, -0.25) is 4.79 Å². The molecule has 1 unspecified atom stereocenters. The Bertz CT molecular complexity index is 369. The first-order valence-corrected chi connectivity index (χ1v) is 8.07. The Morgan fingerprint density at radius 3 is 2.48 bits per heavy atom. The predicted octanol–water partition coefficient (Wildman–Crippen LogP) is 0.592. The second-order valence-electron chi connectivity index (χ2n) is 6.13. The van der Waals surface area contributed by atoms with Gasteiger partial charge in [-0.1, -0.05) is 0 Å². The summed E-state index contributed by atoms with van der Waals surface area (Å²) in [4.78, 5) is 30.5. The van der Waals surface area contributed by atoms with Crippen molar-refractivity contribution in [1.82, 2.24) is 20.0 Å². The van der Waals surface area contributed by atoms with Gasteiger partial charge in [-0.15, -0.1) is 0 Å². The molecule has 0 saturated carbocycles. The van der Waals surface area contributed by atoms with Crippen molar-refractivity contribution in [2.75, 3.05) is 53.4 Å². The normalized spacial score (nSPS) is 22.5. The largest absolute Gasteiger partial charge is 0.344 e. The van der Waals surface area contributed by atoms with E-state index in [1.165, 1.54) is 0 Å². The number of carbonyl (C=O) groups excluding carboxylic acids is 2. The average Bonchev–Trinajstić information content (AvgIpc) is 3.05. The molecule has 0 aromatic rings. The molecular formula is C15H28N4O2. The van der Waals surface area contributed by atoms with Crippen molar-refractivity contribution >= 4 is 11.9 Å². The Labute approximate surface area is 127 Å². The summed E-state index contributed by atoms with van der Waals surface area (Å²) in [6.07, 6.45) is 4.03. The van der Waals surface area contributed by atoms with E-state index in [0.29, 0.717) is 13.1 Å². The summed E-state index contributed by atoms with van der Waals surface area (Å²) in [5, 5.41) is 3.06. The fourth-order valence-corrected chi connectivity index (χ4v) is 3.16. The number of carbonyl (C=O) groups is 2. The maximum Gasteiger partial charge on any atom is 0.320 e. The number of hydrogen-bond donors (Lipinski definition) is 1. The van der Waals surface area contributed by atoms with Crippen molar-refractivity contribution in [3.8, 4) is 0 Å². The number of likely N-dealkylation sites (N-methyl/N-ethyl adjacent to an activating group) is 2. The van der Waals surface area contributed by atoms with Crippen molar-refractivity contribution in [3.63, 3.8) is 0 Å².